The van der Waals surface area contributed by atoms with Crippen LogP contribution in [0.1, 0.15) is 44.1 Å². The summed E-state index contributed by atoms with van der Waals surface area (Å²) in [5.74, 6) is 0.252. The van der Waals surface area contributed by atoms with Gasteiger partial charge in [-0.3, -0.25) is 0 Å². The first-order valence-electron chi connectivity index (χ1n) is 6.41. The molecule has 2 rings (SSSR count). The van der Waals surface area contributed by atoms with Gasteiger partial charge in [0.25, 0.3) is 0 Å². The molecule has 17 heavy (non-hydrogen) atoms. The van der Waals surface area contributed by atoms with E-state index >= 15 is 0 Å². The summed E-state index contributed by atoms with van der Waals surface area (Å²) in [7, 11) is 0. The van der Waals surface area contributed by atoms with E-state index in [9.17, 15) is 4.39 Å². The van der Waals surface area contributed by atoms with E-state index in [1.807, 2.05) is 12.1 Å². The lowest BCUT2D eigenvalue weighted by molar-refractivity contribution is 0.463. The Labute approximate surface area is 111 Å². The largest absolute Gasteiger partial charge is 0.313 e. The van der Waals surface area contributed by atoms with E-state index in [1.54, 1.807) is 6.07 Å². The summed E-state index contributed by atoms with van der Waals surface area (Å²) < 4.78 is 14.7. The zero-order valence-corrected chi connectivity index (χ0v) is 11.8. The van der Waals surface area contributed by atoms with Crippen LogP contribution in [-0.4, -0.2) is 12.6 Å². The topological polar surface area (TPSA) is 12.0 Å². The van der Waals surface area contributed by atoms with E-state index < -0.39 is 0 Å². The fourth-order valence-electron chi connectivity index (χ4n) is 2.71. The maximum atomic E-state index is 14.1. The standard InChI is InChI=1S/C14H19BrFN/c1-2-9-17-13-8-4-5-10(13)11-6-3-7-12(15)14(11)16/h3,6-7,10,13,17H,2,4-5,8-9H2,1H3. The van der Waals surface area contributed by atoms with E-state index in [1.165, 1.54) is 6.42 Å². The van der Waals surface area contributed by atoms with Crippen molar-refractivity contribution < 1.29 is 4.39 Å². The number of hydrogen-bond acceptors (Lipinski definition) is 1. The molecule has 3 heteroatoms. The Balaban J connectivity index is 2.17. The van der Waals surface area contributed by atoms with E-state index in [2.05, 4.69) is 28.2 Å². The van der Waals surface area contributed by atoms with Crippen molar-refractivity contribution in [3.8, 4) is 0 Å². The predicted molar refractivity (Wildman–Crippen MR) is 72.8 cm³/mol. The van der Waals surface area contributed by atoms with Gasteiger partial charge in [-0.05, 0) is 53.4 Å². The smallest absolute Gasteiger partial charge is 0.140 e. The Morgan fingerprint density at radius 2 is 2.24 bits per heavy atom. The number of hydrogen-bond donors (Lipinski definition) is 1. The molecule has 1 saturated carbocycles. The van der Waals surface area contributed by atoms with Crippen LogP contribution >= 0.6 is 15.9 Å². The van der Waals surface area contributed by atoms with Crippen molar-refractivity contribution in [2.24, 2.45) is 0 Å². The van der Waals surface area contributed by atoms with Crippen molar-refractivity contribution >= 4 is 15.9 Å². The molecule has 1 aliphatic rings. The molecule has 1 aromatic rings. The van der Waals surface area contributed by atoms with Crippen LogP contribution in [0.25, 0.3) is 0 Å². The quantitative estimate of drug-likeness (QED) is 0.877. The molecule has 2 atom stereocenters. The SMILES string of the molecule is CCCNC1CCCC1c1cccc(Br)c1F. The van der Waals surface area contributed by atoms with Crippen molar-refractivity contribution in [1.82, 2.24) is 5.32 Å². The maximum Gasteiger partial charge on any atom is 0.140 e. The Morgan fingerprint density at radius 3 is 3.00 bits per heavy atom. The molecule has 1 aromatic carbocycles. The van der Waals surface area contributed by atoms with Gasteiger partial charge in [0.05, 0.1) is 4.47 Å². The molecule has 0 amide bonds. The summed E-state index contributed by atoms with van der Waals surface area (Å²) in [5, 5.41) is 3.54. The van der Waals surface area contributed by atoms with Gasteiger partial charge in [0.15, 0.2) is 0 Å². The normalized spacial score (nSPS) is 24.2. The summed E-state index contributed by atoms with van der Waals surface area (Å²) in [5.41, 5.74) is 0.866. The van der Waals surface area contributed by atoms with E-state index in [0.717, 1.165) is 31.4 Å². The first-order chi connectivity index (χ1) is 8.24. The van der Waals surface area contributed by atoms with Gasteiger partial charge in [-0.2, -0.15) is 0 Å². The van der Waals surface area contributed by atoms with Gasteiger partial charge in [-0.15, -0.1) is 0 Å². The highest BCUT2D eigenvalue weighted by atomic mass is 79.9. The zero-order chi connectivity index (χ0) is 12.3. The predicted octanol–water partition coefficient (Wildman–Crippen LogP) is 4.22. The molecular weight excluding hydrogens is 281 g/mol. The van der Waals surface area contributed by atoms with Crippen molar-refractivity contribution in [3.63, 3.8) is 0 Å². The van der Waals surface area contributed by atoms with E-state index in [0.29, 0.717) is 16.4 Å². The fourth-order valence-corrected chi connectivity index (χ4v) is 3.09. The van der Waals surface area contributed by atoms with Crippen molar-refractivity contribution in [2.45, 2.75) is 44.6 Å². The minimum Gasteiger partial charge on any atom is -0.313 e. The maximum absolute atomic E-state index is 14.1. The zero-order valence-electron chi connectivity index (χ0n) is 10.2. The summed E-state index contributed by atoms with van der Waals surface area (Å²) in [6.45, 7) is 3.19. The Morgan fingerprint density at radius 1 is 1.41 bits per heavy atom. The average Bonchev–Trinajstić information content (AvgIpc) is 2.78. The minimum atomic E-state index is -0.0808. The Bertz CT molecular complexity index is 380. The van der Waals surface area contributed by atoms with Gasteiger partial charge in [-0.1, -0.05) is 25.5 Å². The van der Waals surface area contributed by atoms with Crippen LogP contribution in [0.15, 0.2) is 22.7 Å². The first-order valence-corrected chi connectivity index (χ1v) is 7.20. The lowest BCUT2D eigenvalue weighted by Crippen LogP contribution is -2.32. The Kier molecular flexibility index (Phi) is 4.57. The second-order valence-electron chi connectivity index (χ2n) is 4.74. The van der Waals surface area contributed by atoms with Gasteiger partial charge in [0.1, 0.15) is 5.82 Å². The summed E-state index contributed by atoms with van der Waals surface area (Å²) in [4.78, 5) is 0. The van der Waals surface area contributed by atoms with Gasteiger partial charge < -0.3 is 5.32 Å². The number of nitrogens with one attached hydrogen (secondary N) is 1. The van der Waals surface area contributed by atoms with Gasteiger partial charge in [0, 0.05) is 12.0 Å². The highest BCUT2D eigenvalue weighted by Gasteiger charge is 2.30. The van der Waals surface area contributed by atoms with E-state index in [4.69, 9.17) is 0 Å². The van der Waals surface area contributed by atoms with Crippen LogP contribution in [0.5, 0.6) is 0 Å². The van der Waals surface area contributed by atoms with Crippen LogP contribution < -0.4 is 5.32 Å². The lowest BCUT2D eigenvalue weighted by atomic mass is 9.93. The van der Waals surface area contributed by atoms with Crippen molar-refractivity contribution in [1.29, 1.82) is 0 Å². The minimum absolute atomic E-state index is 0.0808. The van der Waals surface area contributed by atoms with Gasteiger partial charge >= 0.3 is 0 Å². The number of halogens is 2. The third kappa shape index (κ3) is 2.89. The van der Waals surface area contributed by atoms with Crippen LogP contribution in [0.4, 0.5) is 4.39 Å². The van der Waals surface area contributed by atoms with Crippen LogP contribution in [-0.2, 0) is 0 Å². The molecule has 0 aliphatic heterocycles. The number of benzene rings is 1. The molecule has 94 valence electrons. The molecule has 0 heterocycles. The monoisotopic (exact) mass is 299 g/mol. The molecule has 1 fully saturated rings. The molecule has 0 saturated heterocycles. The van der Waals surface area contributed by atoms with Crippen LogP contribution in [0.3, 0.4) is 0 Å². The lowest BCUT2D eigenvalue weighted by Gasteiger charge is -2.22. The van der Waals surface area contributed by atoms with Crippen molar-refractivity contribution in [2.75, 3.05) is 6.54 Å². The van der Waals surface area contributed by atoms with Crippen molar-refractivity contribution in [3.05, 3.63) is 34.1 Å². The fraction of sp³-hybridized carbons (Fsp3) is 0.571. The molecule has 0 spiro atoms. The van der Waals surface area contributed by atoms with Crippen LogP contribution in [0, 0.1) is 5.82 Å². The molecule has 0 radical (unpaired) electrons. The molecule has 1 aliphatic carbocycles. The van der Waals surface area contributed by atoms with Crippen LogP contribution in [0.2, 0.25) is 0 Å². The molecule has 0 aromatic heterocycles. The average molecular weight is 300 g/mol. The number of rotatable bonds is 4. The Hall–Kier alpha value is -0.410. The van der Waals surface area contributed by atoms with Gasteiger partial charge in [-0.25, -0.2) is 4.39 Å². The second kappa shape index (κ2) is 5.96. The highest BCUT2D eigenvalue weighted by molar-refractivity contribution is 9.10. The highest BCUT2D eigenvalue weighted by Crippen LogP contribution is 2.37. The molecule has 2 unspecified atom stereocenters. The summed E-state index contributed by atoms with van der Waals surface area (Å²) >= 11 is 3.27. The molecular formula is C14H19BrFN. The molecule has 1 nitrogen and oxygen atoms in total. The molecule has 1 N–H and O–H groups in total. The molecule has 0 bridgehead atoms. The third-order valence-corrected chi connectivity index (χ3v) is 4.17. The summed E-state index contributed by atoms with van der Waals surface area (Å²) in [6, 6.07) is 6.06. The first kappa shape index (κ1) is 13.0. The van der Waals surface area contributed by atoms with Gasteiger partial charge in [0.2, 0.25) is 0 Å². The van der Waals surface area contributed by atoms with E-state index in [-0.39, 0.29) is 5.82 Å². The second-order valence-corrected chi connectivity index (χ2v) is 5.60. The summed E-state index contributed by atoms with van der Waals surface area (Å²) in [6.07, 6.45) is 4.58. The third-order valence-electron chi connectivity index (χ3n) is 3.55.